The lowest BCUT2D eigenvalue weighted by Crippen LogP contribution is -2.11. The highest BCUT2D eigenvalue weighted by molar-refractivity contribution is 6.30. The lowest BCUT2D eigenvalue weighted by molar-refractivity contribution is 0.351. The normalized spacial score (nSPS) is 13.7. The van der Waals surface area contributed by atoms with E-state index in [1.807, 2.05) is 38.1 Å². The third-order valence-electron chi connectivity index (χ3n) is 3.38. The number of fused-ring (bicyclic) bond motifs is 1. The number of hydrogen-bond donors (Lipinski definition) is 1. The van der Waals surface area contributed by atoms with E-state index in [-0.39, 0.29) is 0 Å². The maximum Gasteiger partial charge on any atom is 0.130 e. The summed E-state index contributed by atoms with van der Waals surface area (Å²) in [5, 5.41) is 4.93. The predicted octanol–water partition coefficient (Wildman–Crippen LogP) is 4.10. The molecule has 1 N–H and O–H groups in total. The van der Waals surface area contributed by atoms with E-state index < -0.39 is 0 Å². The van der Waals surface area contributed by atoms with Crippen molar-refractivity contribution in [3.8, 4) is 5.75 Å². The fourth-order valence-corrected chi connectivity index (χ4v) is 2.67. The van der Waals surface area contributed by atoms with Crippen molar-refractivity contribution in [2.45, 2.75) is 20.4 Å². The fraction of sp³-hybridized carbons (Fsp3) is 0.235. The second-order valence-electron chi connectivity index (χ2n) is 5.31. The van der Waals surface area contributed by atoms with Crippen molar-refractivity contribution in [3.63, 3.8) is 0 Å². The molecule has 0 spiro atoms. The molecule has 2 heterocycles. The topological polar surface area (TPSA) is 46.8 Å². The average molecular weight is 317 g/mol. The number of benzene rings is 1. The molecule has 3 rings (SSSR count). The van der Waals surface area contributed by atoms with Gasteiger partial charge in [-0.15, -0.1) is 0 Å². The Bertz CT molecular complexity index is 747. The van der Waals surface area contributed by atoms with Crippen molar-refractivity contribution in [3.05, 3.63) is 57.5 Å². The molecule has 4 nitrogen and oxygen atoms in total. The molecule has 0 saturated heterocycles. The summed E-state index contributed by atoms with van der Waals surface area (Å²) in [6.07, 6.45) is 5.54. The number of halogens is 1. The van der Waals surface area contributed by atoms with Crippen LogP contribution in [0.4, 0.5) is 0 Å². The first-order chi connectivity index (χ1) is 10.6. The first-order valence-corrected chi connectivity index (χ1v) is 7.43. The number of hydrogen-bond acceptors (Lipinski definition) is 4. The summed E-state index contributed by atoms with van der Waals surface area (Å²) in [4.78, 5) is 0. The second-order valence-corrected chi connectivity index (χ2v) is 5.74. The van der Waals surface area contributed by atoms with Gasteiger partial charge in [0.05, 0.1) is 19.0 Å². The standard InChI is InChI=1S/C17H17ClN2O2/c1-11-3-16(18)6-15-5-14(10-22-17(11)15)8-20-19-7-13-4-12(2)21-9-13/h3-6,8-9,19H,7,10H2,1-2H3/b20-8+. The van der Waals surface area contributed by atoms with Gasteiger partial charge in [0.2, 0.25) is 0 Å². The lowest BCUT2D eigenvalue weighted by Gasteiger charge is -2.18. The van der Waals surface area contributed by atoms with Gasteiger partial charge in [-0.05, 0) is 43.7 Å². The van der Waals surface area contributed by atoms with Gasteiger partial charge in [-0.25, -0.2) is 0 Å². The molecule has 0 radical (unpaired) electrons. The summed E-state index contributed by atoms with van der Waals surface area (Å²) in [5.74, 6) is 1.79. The molecule has 1 aromatic carbocycles. The number of furan rings is 1. The zero-order chi connectivity index (χ0) is 15.5. The molecule has 0 atom stereocenters. The van der Waals surface area contributed by atoms with Gasteiger partial charge in [0.25, 0.3) is 0 Å². The van der Waals surface area contributed by atoms with Crippen LogP contribution in [0, 0.1) is 13.8 Å². The highest BCUT2D eigenvalue weighted by atomic mass is 35.5. The Balaban J connectivity index is 1.65. The van der Waals surface area contributed by atoms with Crippen LogP contribution in [0.3, 0.4) is 0 Å². The van der Waals surface area contributed by atoms with Crippen LogP contribution >= 0.6 is 11.6 Å². The van der Waals surface area contributed by atoms with E-state index in [9.17, 15) is 0 Å². The van der Waals surface area contributed by atoms with Crippen LogP contribution in [0.2, 0.25) is 5.02 Å². The van der Waals surface area contributed by atoms with Gasteiger partial charge in [-0.1, -0.05) is 11.6 Å². The van der Waals surface area contributed by atoms with Crippen molar-refractivity contribution in [1.29, 1.82) is 0 Å². The van der Waals surface area contributed by atoms with Crippen LogP contribution in [0.1, 0.15) is 22.5 Å². The van der Waals surface area contributed by atoms with E-state index >= 15 is 0 Å². The molecule has 5 heteroatoms. The molecule has 0 aliphatic carbocycles. The Labute approximate surface area is 134 Å². The van der Waals surface area contributed by atoms with Crippen LogP contribution in [-0.2, 0) is 6.54 Å². The molecule has 0 fully saturated rings. The molecule has 2 aromatic rings. The summed E-state index contributed by atoms with van der Waals surface area (Å²) in [6.45, 7) is 5.04. The highest BCUT2D eigenvalue weighted by Crippen LogP contribution is 2.32. The van der Waals surface area contributed by atoms with Crippen molar-refractivity contribution >= 4 is 23.9 Å². The van der Waals surface area contributed by atoms with Gasteiger partial charge >= 0.3 is 0 Å². The van der Waals surface area contributed by atoms with E-state index in [0.29, 0.717) is 18.2 Å². The zero-order valence-electron chi connectivity index (χ0n) is 12.5. The monoisotopic (exact) mass is 316 g/mol. The average Bonchev–Trinajstić information content (AvgIpc) is 2.88. The third kappa shape index (κ3) is 3.34. The first kappa shape index (κ1) is 14.7. The molecule has 22 heavy (non-hydrogen) atoms. The number of nitrogens with zero attached hydrogens (tertiary/aromatic N) is 1. The Kier molecular flexibility index (Phi) is 4.20. The number of hydrazone groups is 1. The van der Waals surface area contributed by atoms with Crippen molar-refractivity contribution in [2.75, 3.05) is 6.61 Å². The highest BCUT2D eigenvalue weighted by Gasteiger charge is 2.13. The fourth-order valence-electron chi connectivity index (χ4n) is 2.39. The van der Waals surface area contributed by atoms with Crippen LogP contribution in [0.15, 0.2) is 39.6 Å². The van der Waals surface area contributed by atoms with Gasteiger partial charge in [0, 0.05) is 21.7 Å². The molecule has 0 saturated carbocycles. The minimum Gasteiger partial charge on any atom is -0.488 e. The van der Waals surface area contributed by atoms with E-state index in [1.165, 1.54) is 0 Å². The molecule has 1 aromatic heterocycles. The van der Waals surface area contributed by atoms with Gasteiger partial charge in [0.1, 0.15) is 18.1 Å². The Morgan fingerprint density at radius 3 is 2.95 bits per heavy atom. The van der Waals surface area contributed by atoms with Gasteiger partial charge < -0.3 is 14.6 Å². The number of nitrogens with one attached hydrogen (secondary N) is 1. The molecular weight excluding hydrogens is 300 g/mol. The van der Waals surface area contributed by atoms with Gasteiger partial charge in [0.15, 0.2) is 0 Å². The Morgan fingerprint density at radius 2 is 2.18 bits per heavy atom. The molecular formula is C17H17ClN2O2. The molecule has 0 unspecified atom stereocenters. The third-order valence-corrected chi connectivity index (χ3v) is 3.60. The van der Waals surface area contributed by atoms with Gasteiger partial charge in [-0.3, -0.25) is 0 Å². The number of ether oxygens (including phenoxy) is 1. The summed E-state index contributed by atoms with van der Waals surface area (Å²) in [5.41, 5.74) is 7.09. The van der Waals surface area contributed by atoms with Crippen molar-refractivity contribution < 1.29 is 9.15 Å². The van der Waals surface area contributed by atoms with Crippen molar-refractivity contribution in [1.82, 2.24) is 5.43 Å². The summed E-state index contributed by atoms with van der Waals surface area (Å²) < 4.78 is 11.0. The molecule has 1 aliphatic heterocycles. The lowest BCUT2D eigenvalue weighted by atomic mass is 10.0. The van der Waals surface area contributed by atoms with E-state index in [0.717, 1.165) is 33.8 Å². The SMILES string of the molecule is Cc1cc(CN/N=C/C2=Cc3cc(Cl)cc(C)c3OC2)co1. The van der Waals surface area contributed by atoms with E-state index in [1.54, 1.807) is 12.5 Å². The molecule has 0 amide bonds. The summed E-state index contributed by atoms with van der Waals surface area (Å²) in [7, 11) is 0. The maximum absolute atomic E-state index is 6.09. The first-order valence-electron chi connectivity index (χ1n) is 7.05. The van der Waals surface area contributed by atoms with Crippen molar-refractivity contribution in [2.24, 2.45) is 5.10 Å². The number of aryl methyl sites for hydroxylation is 2. The molecule has 0 bridgehead atoms. The summed E-state index contributed by atoms with van der Waals surface area (Å²) >= 11 is 6.09. The van der Waals surface area contributed by atoms with Gasteiger partial charge in [-0.2, -0.15) is 5.10 Å². The molecule has 1 aliphatic rings. The Hall–Kier alpha value is -2.20. The maximum atomic E-state index is 6.09. The smallest absolute Gasteiger partial charge is 0.130 e. The van der Waals surface area contributed by atoms with Crippen LogP contribution in [0.25, 0.3) is 6.08 Å². The van der Waals surface area contributed by atoms with Crippen LogP contribution < -0.4 is 10.2 Å². The second kappa shape index (κ2) is 6.28. The van der Waals surface area contributed by atoms with E-state index in [4.69, 9.17) is 20.8 Å². The Morgan fingerprint density at radius 1 is 1.32 bits per heavy atom. The van der Waals surface area contributed by atoms with E-state index in [2.05, 4.69) is 10.5 Å². The zero-order valence-corrected chi connectivity index (χ0v) is 13.3. The number of rotatable bonds is 4. The predicted molar refractivity (Wildman–Crippen MR) is 88.4 cm³/mol. The minimum atomic E-state index is 0.505. The van der Waals surface area contributed by atoms with Crippen LogP contribution in [0.5, 0.6) is 5.75 Å². The van der Waals surface area contributed by atoms with Crippen LogP contribution in [-0.4, -0.2) is 12.8 Å². The quantitative estimate of drug-likeness (QED) is 0.682. The largest absolute Gasteiger partial charge is 0.488 e. The minimum absolute atomic E-state index is 0.505. The summed E-state index contributed by atoms with van der Waals surface area (Å²) in [6, 6.07) is 5.78. The molecule has 114 valence electrons.